The van der Waals surface area contributed by atoms with Crippen molar-refractivity contribution in [1.82, 2.24) is 19.5 Å². The molecular weight excluding hydrogens is 717 g/mol. The van der Waals surface area contributed by atoms with E-state index in [0.29, 0.717) is 17.5 Å². The third-order valence-corrected chi connectivity index (χ3v) is 12.2. The van der Waals surface area contributed by atoms with Crippen LogP contribution in [0, 0.1) is 0 Å². The number of thiophene rings is 1. The molecule has 0 radical (unpaired) electrons. The average Bonchev–Trinajstić information content (AvgIpc) is 3.96. The van der Waals surface area contributed by atoms with Crippen molar-refractivity contribution in [3.63, 3.8) is 0 Å². The molecule has 266 valence electrons. The molecule has 12 rings (SSSR count). The van der Waals surface area contributed by atoms with Crippen molar-refractivity contribution in [2.75, 3.05) is 0 Å². The maximum absolute atomic E-state index is 7.01. The van der Waals surface area contributed by atoms with E-state index in [9.17, 15) is 0 Å². The van der Waals surface area contributed by atoms with Crippen LogP contribution in [-0.2, 0) is 0 Å². The molecule has 6 heteroatoms. The highest BCUT2D eigenvalue weighted by Crippen LogP contribution is 2.44. The number of benzene rings is 8. The molecule has 0 saturated carbocycles. The number of furan rings is 1. The van der Waals surface area contributed by atoms with Crippen molar-refractivity contribution in [2.45, 2.75) is 0 Å². The Morgan fingerprint density at radius 3 is 1.68 bits per heavy atom. The predicted octanol–water partition coefficient (Wildman–Crippen LogP) is 13.9. The molecule has 0 aliphatic heterocycles. The van der Waals surface area contributed by atoms with Crippen LogP contribution >= 0.6 is 11.3 Å². The van der Waals surface area contributed by atoms with E-state index in [2.05, 4.69) is 120 Å². The van der Waals surface area contributed by atoms with Gasteiger partial charge < -0.3 is 8.98 Å². The Balaban J connectivity index is 1.18. The van der Waals surface area contributed by atoms with Gasteiger partial charge in [0.2, 0.25) is 0 Å². The van der Waals surface area contributed by atoms with Gasteiger partial charge in [-0.3, -0.25) is 0 Å². The summed E-state index contributed by atoms with van der Waals surface area (Å²) in [7, 11) is 0. The molecule has 0 fully saturated rings. The van der Waals surface area contributed by atoms with Gasteiger partial charge >= 0.3 is 0 Å². The van der Waals surface area contributed by atoms with Crippen LogP contribution in [0.1, 0.15) is 0 Å². The summed E-state index contributed by atoms with van der Waals surface area (Å²) in [6.07, 6.45) is 0. The smallest absolute Gasteiger partial charge is 0.164 e. The number of hydrogen-bond donors (Lipinski definition) is 0. The van der Waals surface area contributed by atoms with Crippen LogP contribution in [0.5, 0.6) is 0 Å². The van der Waals surface area contributed by atoms with Crippen LogP contribution in [0.4, 0.5) is 0 Å². The van der Waals surface area contributed by atoms with Gasteiger partial charge in [-0.25, -0.2) is 15.0 Å². The third-order valence-electron chi connectivity index (χ3n) is 11.0. The first-order valence-corrected chi connectivity index (χ1v) is 19.8. The minimum absolute atomic E-state index is 0.589. The van der Waals surface area contributed by atoms with Crippen molar-refractivity contribution >= 4 is 75.3 Å². The van der Waals surface area contributed by atoms with Crippen LogP contribution in [0.25, 0.3) is 115 Å². The molecule has 0 N–H and O–H groups in total. The van der Waals surface area contributed by atoms with Gasteiger partial charge in [0.25, 0.3) is 0 Å². The quantitative estimate of drug-likeness (QED) is 0.176. The fraction of sp³-hybridized carbons (Fsp3) is 0. The monoisotopic (exact) mass is 746 g/mol. The Hall–Kier alpha value is -7.41. The fourth-order valence-electron chi connectivity index (χ4n) is 8.45. The van der Waals surface area contributed by atoms with Gasteiger partial charge in [-0.1, -0.05) is 133 Å². The molecule has 5 nitrogen and oxygen atoms in total. The van der Waals surface area contributed by atoms with Crippen molar-refractivity contribution in [3.05, 3.63) is 182 Å². The maximum atomic E-state index is 7.01. The first-order valence-electron chi connectivity index (χ1n) is 19.0. The van der Waals surface area contributed by atoms with E-state index in [-0.39, 0.29) is 0 Å². The van der Waals surface area contributed by atoms with E-state index in [1.54, 1.807) is 0 Å². The summed E-state index contributed by atoms with van der Waals surface area (Å²) in [5.41, 5.74) is 9.75. The summed E-state index contributed by atoms with van der Waals surface area (Å²) in [6.45, 7) is 0. The number of nitrogens with zero attached hydrogens (tertiary/aromatic N) is 4. The summed E-state index contributed by atoms with van der Waals surface area (Å²) < 4.78 is 11.9. The van der Waals surface area contributed by atoms with Gasteiger partial charge in [-0.05, 0) is 59.7 Å². The second kappa shape index (κ2) is 12.6. The number of hydrogen-bond acceptors (Lipinski definition) is 5. The first-order chi connectivity index (χ1) is 28.2. The standard InChI is InChI=1S/C51H30N4OS/c1-3-14-31(15-4-1)49-52-50(32-16-5-2-6-17-32)54-51(53-49)38-21-13-24-44-47(38)40-29-34(33-26-27-46-39(28-33)37-20-9-12-25-45(37)57-46)30-43(48(40)56-44)55-41-22-10-7-18-35(41)36-19-8-11-23-42(36)55/h1-30H. The van der Waals surface area contributed by atoms with Crippen LogP contribution < -0.4 is 0 Å². The van der Waals surface area contributed by atoms with E-state index in [0.717, 1.165) is 66.5 Å². The van der Waals surface area contributed by atoms with Gasteiger partial charge in [0.15, 0.2) is 23.1 Å². The molecule has 0 saturated heterocycles. The average molecular weight is 747 g/mol. The van der Waals surface area contributed by atoms with Crippen molar-refractivity contribution < 1.29 is 4.42 Å². The topological polar surface area (TPSA) is 56.7 Å². The maximum Gasteiger partial charge on any atom is 0.164 e. The number of aromatic nitrogens is 4. The van der Waals surface area contributed by atoms with Gasteiger partial charge in [0.1, 0.15) is 5.58 Å². The predicted molar refractivity (Wildman–Crippen MR) is 236 cm³/mol. The Labute approximate surface area is 330 Å². The summed E-state index contributed by atoms with van der Waals surface area (Å²) >= 11 is 1.84. The molecule has 0 aliphatic carbocycles. The van der Waals surface area contributed by atoms with E-state index in [4.69, 9.17) is 19.4 Å². The van der Waals surface area contributed by atoms with E-state index in [1.807, 2.05) is 78.1 Å². The fourth-order valence-corrected chi connectivity index (χ4v) is 9.53. The number of rotatable bonds is 5. The van der Waals surface area contributed by atoms with Gasteiger partial charge in [0.05, 0.1) is 16.7 Å². The molecule has 0 atom stereocenters. The van der Waals surface area contributed by atoms with Crippen molar-refractivity contribution in [2.24, 2.45) is 0 Å². The largest absolute Gasteiger partial charge is 0.454 e. The molecule has 57 heavy (non-hydrogen) atoms. The minimum atomic E-state index is 0.589. The zero-order valence-electron chi connectivity index (χ0n) is 30.4. The molecule has 0 amide bonds. The van der Waals surface area contributed by atoms with Gasteiger partial charge in [-0.2, -0.15) is 0 Å². The lowest BCUT2D eigenvalue weighted by Crippen LogP contribution is -2.00. The Kier molecular flexibility index (Phi) is 7.03. The minimum Gasteiger partial charge on any atom is -0.454 e. The molecule has 4 heterocycles. The molecule has 12 aromatic rings. The Bertz CT molecular complexity index is 3420. The second-order valence-electron chi connectivity index (χ2n) is 14.4. The first kappa shape index (κ1) is 31.9. The van der Waals surface area contributed by atoms with Crippen LogP contribution in [0.2, 0.25) is 0 Å². The Morgan fingerprint density at radius 1 is 0.404 bits per heavy atom. The van der Waals surface area contributed by atoms with Gasteiger partial charge in [0, 0.05) is 58.4 Å². The van der Waals surface area contributed by atoms with Gasteiger partial charge in [-0.15, -0.1) is 11.3 Å². The molecule has 4 aromatic heterocycles. The third kappa shape index (κ3) is 5.04. The SMILES string of the molecule is c1ccc(-c2nc(-c3ccccc3)nc(-c3cccc4oc5c(-n6c7ccccc7c7ccccc76)cc(-c6ccc7sc8ccccc8c7c6)cc5c34)n2)cc1. The lowest BCUT2D eigenvalue weighted by molar-refractivity contribution is 0.666. The van der Waals surface area contributed by atoms with Crippen LogP contribution in [0.3, 0.4) is 0 Å². The zero-order chi connectivity index (χ0) is 37.5. The summed E-state index contributed by atoms with van der Waals surface area (Å²) in [5, 5.41) is 6.88. The second-order valence-corrected chi connectivity index (χ2v) is 15.5. The number of fused-ring (bicyclic) bond motifs is 9. The van der Waals surface area contributed by atoms with E-state index >= 15 is 0 Å². The molecule has 0 bridgehead atoms. The van der Waals surface area contributed by atoms with E-state index in [1.165, 1.54) is 30.9 Å². The summed E-state index contributed by atoms with van der Waals surface area (Å²) in [4.78, 5) is 15.3. The highest BCUT2D eigenvalue weighted by molar-refractivity contribution is 7.25. The highest BCUT2D eigenvalue weighted by atomic mass is 32.1. The zero-order valence-corrected chi connectivity index (χ0v) is 31.2. The molecule has 0 spiro atoms. The molecular formula is C51H30N4OS. The summed E-state index contributed by atoms with van der Waals surface area (Å²) in [5.74, 6) is 1.82. The van der Waals surface area contributed by atoms with Crippen molar-refractivity contribution in [3.8, 4) is 51.0 Å². The molecule has 0 unspecified atom stereocenters. The van der Waals surface area contributed by atoms with Crippen LogP contribution in [-0.4, -0.2) is 19.5 Å². The Morgan fingerprint density at radius 2 is 0.982 bits per heavy atom. The van der Waals surface area contributed by atoms with Crippen LogP contribution in [0.15, 0.2) is 186 Å². The molecule has 8 aromatic carbocycles. The highest BCUT2D eigenvalue weighted by Gasteiger charge is 2.23. The van der Waals surface area contributed by atoms with E-state index < -0.39 is 0 Å². The van der Waals surface area contributed by atoms with Crippen molar-refractivity contribution in [1.29, 1.82) is 0 Å². The lowest BCUT2D eigenvalue weighted by Gasteiger charge is -2.12. The lowest BCUT2D eigenvalue weighted by atomic mass is 9.98. The summed E-state index contributed by atoms with van der Waals surface area (Å²) in [6, 6.07) is 63.8. The molecule has 0 aliphatic rings. The normalized spacial score (nSPS) is 11.9. The number of para-hydroxylation sites is 2.